The lowest BCUT2D eigenvalue weighted by Crippen LogP contribution is -2.26. The first-order valence-corrected chi connectivity index (χ1v) is 4.36. The van der Waals surface area contributed by atoms with Gasteiger partial charge in [0.15, 0.2) is 0 Å². The van der Waals surface area contributed by atoms with E-state index in [1.54, 1.807) is 0 Å². The first kappa shape index (κ1) is 7.97. The van der Waals surface area contributed by atoms with Gasteiger partial charge in [-0.15, -0.1) is 0 Å². The van der Waals surface area contributed by atoms with Gasteiger partial charge in [-0.05, 0) is 0 Å². The van der Waals surface area contributed by atoms with Crippen LogP contribution in [-0.2, 0) is 0 Å². The van der Waals surface area contributed by atoms with E-state index in [1.807, 2.05) is 22.2 Å². The molecule has 0 unspecified atom stereocenters. The van der Waals surface area contributed by atoms with Crippen LogP contribution >= 0.6 is 0 Å². The monoisotopic (exact) mass is 204 g/mol. The molecule has 8 heteroatoms. The van der Waals surface area contributed by atoms with E-state index < -0.39 is 0 Å². The summed E-state index contributed by atoms with van der Waals surface area (Å²) in [4.78, 5) is 11.9. The Balaban J connectivity index is 1.78. The van der Waals surface area contributed by atoms with Crippen molar-refractivity contribution in [2.45, 2.75) is 0 Å². The Morgan fingerprint density at radius 1 is 0.933 bits per heavy atom. The van der Waals surface area contributed by atoms with Crippen molar-refractivity contribution in [2.75, 3.05) is 16.5 Å². The van der Waals surface area contributed by atoms with E-state index in [0.717, 1.165) is 0 Å². The van der Waals surface area contributed by atoms with Gasteiger partial charge in [-0.2, -0.15) is 20.2 Å². The Labute approximate surface area is 84.6 Å². The maximum absolute atomic E-state index is 4.05. The van der Waals surface area contributed by atoms with Gasteiger partial charge in [0.1, 0.15) is 19.3 Å². The second-order valence-electron chi connectivity index (χ2n) is 3.00. The topological polar surface area (TPSA) is 89.6 Å². The Morgan fingerprint density at radius 2 is 1.47 bits per heavy atom. The predicted octanol–water partition coefficient (Wildman–Crippen LogP) is -0.322. The minimum absolute atomic E-state index is 0.629. The molecule has 0 amide bonds. The van der Waals surface area contributed by atoms with Crippen molar-refractivity contribution in [1.29, 1.82) is 0 Å². The third-order valence-corrected chi connectivity index (χ3v) is 2.08. The van der Waals surface area contributed by atoms with E-state index in [4.69, 9.17) is 0 Å². The molecule has 0 saturated carbocycles. The maximum atomic E-state index is 4.05. The van der Waals surface area contributed by atoms with Crippen molar-refractivity contribution in [2.24, 2.45) is 0 Å². The summed E-state index contributed by atoms with van der Waals surface area (Å²) in [7, 11) is 0. The lowest BCUT2D eigenvalue weighted by Gasteiger charge is -2.15. The average molecular weight is 204 g/mol. The summed E-state index contributed by atoms with van der Waals surface area (Å²) in [6, 6.07) is 0. The summed E-state index contributed by atoms with van der Waals surface area (Å²) in [6.45, 7) is 0.629. The van der Waals surface area contributed by atoms with E-state index in [-0.39, 0.29) is 0 Å². The van der Waals surface area contributed by atoms with Gasteiger partial charge in [0.2, 0.25) is 11.9 Å². The number of nitrogens with zero attached hydrogens (tertiary/aromatic N) is 6. The smallest absolute Gasteiger partial charge is 0.226 e. The number of aromatic amines is 2. The summed E-state index contributed by atoms with van der Waals surface area (Å²) >= 11 is 0. The van der Waals surface area contributed by atoms with E-state index in [9.17, 15) is 0 Å². The van der Waals surface area contributed by atoms with Gasteiger partial charge in [0.05, 0.1) is 0 Å². The van der Waals surface area contributed by atoms with Gasteiger partial charge in [-0.1, -0.05) is 0 Å². The number of anilines is 2. The third kappa shape index (κ3) is 1.31. The standard InChI is InChI=1S/C7H8N8/c1-2-15(7-9-4-11-13-7)5-14(1)6-8-3-10-12-6/h1-4H,5H2,(H,8,10,12)(H,9,11,13). The molecular formula is C7H8N8. The number of hydrogen-bond acceptors (Lipinski definition) is 6. The fourth-order valence-corrected chi connectivity index (χ4v) is 1.37. The van der Waals surface area contributed by atoms with Crippen LogP contribution in [0.2, 0.25) is 0 Å². The molecule has 0 fully saturated rings. The first-order chi connectivity index (χ1) is 7.43. The average Bonchev–Trinajstić information content (AvgIpc) is 3.02. The fraction of sp³-hybridized carbons (Fsp3) is 0.143. The molecule has 0 saturated heterocycles. The van der Waals surface area contributed by atoms with E-state index in [2.05, 4.69) is 30.4 Å². The Bertz CT molecular complexity index is 401. The molecule has 2 N–H and O–H groups in total. The number of H-pyrrole nitrogens is 2. The molecule has 1 aliphatic rings. The molecule has 0 aliphatic carbocycles. The normalized spacial score (nSPS) is 15.2. The van der Waals surface area contributed by atoms with Crippen molar-refractivity contribution in [1.82, 2.24) is 30.4 Å². The lowest BCUT2D eigenvalue weighted by molar-refractivity contribution is 0.896. The number of hydrogen-bond donors (Lipinski definition) is 2. The fourth-order valence-electron chi connectivity index (χ4n) is 1.37. The minimum Gasteiger partial charge on any atom is -0.297 e. The first-order valence-electron chi connectivity index (χ1n) is 4.36. The molecule has 0 atom stereocenters. The van der Waals surface area contributed by atoms with Crippen LogP contribution in [0.5, 0.6) is 0 Å². The Morgan fingerprint density at radius 3 is 1.87 bits per heavy atom. The maximum Gasteiger partial charge on any atom is 0.226 e. The highest BCUT2D eigenvalue weighted by Gasteiger charge is 2.18. The molecule has 0 bridgehead atoms. The van der Waals surface area contributed by atoms with Crippen LogP contribution in [-0.4, -0.2) is 37.0 Å². The van der Waals surface area contributed by atoms with Crippen LogP contribution in [0.25, 0.3) is 0 Å². The molecular weight excluding hydrogens is 196 g/mol. The zero-order valence-corrected chi connectivity index (χ0v) is 7.70. The van der Waals surface area contributed by atoms with Crippen LogP contribution in [0.1, 0.15) is 0 Å². The molecule has 1 aliphatic heterocycles. The van der Waals surface area contributed by atoms with E-state index in [1.165, 1.54) is 12.7 Å². The van der Waals surface area contributed by atoms with Crippen molar-refractivity contribution >= 4 is 11.9 Å². The molecule has 8 nitrogen and oxygen atoms in total. The minimum atomic E-state index is 0.629. The highest BCUT2D eigenvalue weighted by molar-refractivity contribution is 5.46. The quantitative estimate of drug-likeness (QED) is 0.696. The van der Waals surface area contributed by atoms with Crippen LogP contribution in [0.15, 0.2) is 25.1 Å². The molecule has 76 valence electrons. The summed E-state index contributed by atoms with van der Waals surface area (Å²) in [6.07, 6.45) is 6.73. The number of aromatic nitrogens is 6. The molecule has 0 aromatic carbocycles. The predicted molar refractivity (Wildman–Crippen MR) is 51.7 cm³/mol. The molecule has 3 rings (SSSR count). The molecule has 0 radical (unpaired) electrons. The molecule has 0 spiro atoms. The molecule has 3 heterocycles. The van der Waals surface area contributed by atoms with Gasteiger partial charge in [0, 0.05) is 12.4 Å². The van der Waals surface area contributed by atoms with Crippen LogP contribution in [0.4, 0.5) is 11.9 Å². The van der Waals surface area contributed by atoms with E-state index in [0.29, 0.717) is 18.6 Å². The Kier molecular flexibility index (Phi) is 1.64. The van der Waals surface area contributed by atoms with Crippen LogP contribution < -0.4 is 9.80 Å². The largest absolute Gasteiger partial charge is 0.297 e. The highest BCUT2D eigenvalue weighted by Crippen LogP contribution is 2.16. The van der Waals surface area contributed by atoms with Crippen molar-refractivity contribution in [3.63, 3.8) is 0 Å². The van der Waals surface area contributed by atoms with Gasteiger partial charge in [-0.3, -0.25) is 9.80 Å². The zero-order chi connectivity index (χ0) is 10.1. The lowest BCUT2D eigenvalue weighted by atomic mass is 10.7. The Hall–Kier alpha value is -2.38. The summed E-state index contributed by atoms with van der Waals surface area (Å²) in [5.41, 5.74) is 0. The molecule has 2 aromatic heterocycles. The summed E-state index contributed by atoms with van der Waals surface area (Å²) in [5.74, 6) is 1.40. The third-order valence-electron chi connectivity index (χ3n) is 2.08. The molecule has 2 aromatic rings. The van der Waals surface area contributed by atoms with Gasteiger partial charge in [-0.25, -0.2) is 10.2 Å². The van der Waals surface area contributed by atoms with E-state index >= 15 is 0 Å². The van der Waals surface area contributed by atoms with Crippen molar-refractivity contribution < 1.29 is 0 Å². The van der Waals surface area contributed by atoms with Crippen LogP contribution in [0.3, 0.4) is 0 Å². The van der Waals surface area contributed by atoms with Crippen LogP contribution in [0, 0.1) is 0 Å². The number of rotatable bonds is 2. The van der Waals surface area contributed by atoms with Crippen molar-refractivity contribution in [3.8, 4) is 0 Å². The molecule has 15 heavy (non-hydrogen) atoms. The van der Waals surface area contributed by atoms with Gasteiger partial charge < -0.3 is 0 Å². The second-order valence-corrected chi connectivity index (χ2v) is 3.00. The zero-order valence-electron chi connectivity index (χ0n) is 7.70. The summed E-state index contributed by atoms with van der Waals surface area (Å²) < 4.78 is 0. The SMILES string of the molecule is C1=CN(c2ncn[nH]2)CN1c1ncn[nH]1. The summed E-state index contributed by atoms with van der Waals surface area (Å²) in [5, 5.41) is 13.1. The second kappa shape index (κ2) is 3.08. The highest BCUT2D eigenvalue weighted by atomic mass is 15.5. The van der Waals surface area contributed by atoms with Gasteiger partial charge >= 0.3 is 0 Å². The van der Waals surface area contributed by atoms with Gasteiger partial charge in [0.25, 0.3) is 0 Å². The number of nitrogens with one attached hydrogen (secondary N) is 2. The van der Waals surface area contributed by atoms with Crippen molar-refractivity contribution in [3.05, 3.63) is 25.1 Å².